The molecule has 2 atom stereocenters. The van der Waals surface area contributed by atoms with E-state index in [1.807, 2.05) is 0 Å². The van der Waals surface area contributed by atoms with E-state index in [2.05, 4.69) is 22.1 Å². The van der Waals surface area contributed by atoms with Crippen LogP contribution in [0.15, 0.2) is 36.5 Å². The third-order valence-corrected chi connectivity index (χ3v) is 4.09. The van der Waals surface area contributed by atoms with Crippen molar-refractivity contribution in [1.29, 1.82) is 0 Å². The number of pyridine rings is 1. The molecule has 0 aliphatic heterocycles. The van der Waals surface area contributed by atoms with Gasteiger partial charge in [0.2, 0.25) is 0 Å². The Morgan fingerprint density at radius 1 is 1.21 bits per heavy atom. The first kappa shape index (κ1) is 22.7. The summed E-state index contributed by atoms with van der Waals surface area (Å²) >= 11 is 6.39. The highest BCUT2D eigenvalue weighted by Gasteiger charge is 2.26. The highest BCUT2D eigenvalue weighted by molar-refractivity contribution is 6.31. The van der Waals surface area contributed by atoms with Gasteiger partial charge in [0.25, 0.3) is 0 Å². The first-order chi connectivity index (χ1) is 13.6. The van der Waals surface area contributed by atoms with Crippen molar-refractivity contribution in [3.8, 4) is 11.8 Å². The second kappa shape index (κ2) is 9.73. The number of nitrogens with one attached hydrogen (secondary N) is 1. The van der Waals surface area contributed by atoms with Crippen molar-refractivity contribution in [2.24, 2.45) is 0 Å². The molecule has 0 spiro atoms. The average molecular weight is 419 g/mol. The number of carbonyl (C=O) groups is 1. The normalized spacial score (nSPS) is 13.1. The zero-order chi connectivity index (χ0) is 21.6. The third-order valence-electron chi connectivity index (χ3n) is 3.79. The summed E-state index contributed by atoms with van der Waals surface area (Å²) in [4.78, 5) is 16.4. The quantitative estimate of drug-likeness (QED) is 0.719. The van der Waals surface area contributed by atoms with Crippen LogP contribution in [0, 0.1) is 17.7 Å². The third kappa shape index (κ3) is 7.04. The molecule has 154 valence electrons. The summed E-state index contributed by atoms with van der Waals surface area (Å²) in [7, 11) is 1.51. The van der Waals surface area contributed by atoms with E-state index in [1.54, 1.807) is 52.1 Å². The minimum atomic E-state index is -0.604. The minimum absolute atomic E-state index is 0.315. The Hall–Kier alpha value is -2.62. The molecule has 0 fully saturated rings. The number of halogens is 2. The molecule has 29 heavy (non-hydrogen) atoms. The van der Waals surface area contributed by atoms with Crippen LogP contribution < -0.4 is 5.32 Å². The van der Waals surface area contributed by atoms with Crippen molar-refractivity contribution >= 4 is 17.7 Å². The van der Waals surface area contributed by atoms with Crippen molar-refractivity contribution in [1.82, 2.24) is 10.3 Å². The maximum Gasteiger partial charge on any atom is 0.407 e. The number of rotatable bonds is 4. The molecule has 0 aliphatic rings. The smallest absolute Gasteiger partial charge is 0.407 e. The molecule has 1 amide bonds. The van der Waals surface area contributed by atoms with E-state index in [-0.39, 0.29) is 5.82 Å². The van der Waals surface area contributed by atoms with Crippen LogP contribution in [0.4, 0.5) is 9.18 Å². The van der Waals surface area contributed by atoms with E-state index < -0.39 is 23.8 Å². The molecule has 2 aromatic rings. The number of hydrogen-bond acceptors (Lipinski definition) is 4. The maximum absolute atomic E-state index is 13.0. The topological polar surface area (TPSA) is 60.5 Å². The molecule has 0 aliphatic carbocycles. The maximum atomic E-state index is 13.0. The molecule has 0 saturated carbocycles. The lowest BCUT2D eigenvalue weighted by Crippen LogP contribution is -2.41. The Labute approximate surface area is 175 Å². The first-order valence-electron chi connectivity index (χ1n) is 9.04. The largest absolute Gasteiger partial charge is 0.444 e. The molecule has 2 unspecified atom stereocenters. The summed E-state index contributed by atoms with van der Waals surface area (Å²) in [5.41, 5.74) is 1.15. The fourth-order valence-corrected chi connectivity index (χ4v) is 2.80. The summed E-state index contributed by atoms with van der Waals surface area (Å²) < 4.78 is 23.7. The van der Waals surface area contributed by atoms with Gasteiger partial charge in [-0.3, -0.25) is 4.98 Å². The van der Waals surface area contributed by atoms with Gasteiger partial charge in [0, 0.05) is 24.4 Å². The molecule has 2 rings (SSSR count). The standard InChI is InChI=1S/C22H24ClFN2O3/c1-14(26-21(27)29-22(2,3)4)20(28-5)19-18(23)12-16(13-25-19)7-6-15-8-10-17(24)11-9-15/h8-14,20H,1-5H3,(H,26,27). The van der Waals surface area contributed by atoms with Crippen molar-refractivity contribution < 1.29 is 18.7 Å². The number of ether oxygens (including phenoxy) is 2. The van der Waals surface area contributed by atoms with Crippen LogP contribution in [0.3, 0.4) is 0 Å². The molecule has 0 radical (unpaired) electrons. The van der Waals surface area contributed by atoms with Gasteiger partial charge in [-0.1, -0.05) is 23.4 Å². The predicted molar refractivity (Wildman–Crippen MR) is 110 cm³/mol. The van der Waals surface area contributed by atoms with E-state index in [0.717, 1.165) is 0 Å². The Morgan fingerprint density at radius 2 is 1.83 bits per heavy atom. The number of alkyl carbamates (subject to hydrolysis) is 1. The van der Waals surface area contributed by atoms with Crippen molar-refractivity contribution in [2.75, 3.05) is 7.11 Å². The van der Waals surface area contributed by atoms with Gasteiger partial charge in [-0.05, 0) is 58.0 Å². The first-order valence-corrected chi connectivity index (χ1v) is 9.42. The molecule has 0 bridgehead atoms. The van der Waals surface area contributed by atoms with Gasteiger partial charge in [0.15, 0.2) is 0 Å². The highest BCUT2D eigenvalue weighted by atomic mass is 35.5. The summed E-state index contributed by atoms with van der Waals surface area (Å²) in [5, 5.41) is 3.10. The SMILES string of the molecule is COC(c1ncc(C#Cc2ccc(F)cc2)cc1Cl)C(C)NC(=O)OC(C)(C)C. The van der Waals surface area contributed by atoms with Crippen molar-refractivity contribution in [3.05, 3.63) is 64.2 Å². The zero-order valence-electron chi connectivity index (χ0n) is 17.0. The highest BCUT2D eigenvalue weighted by Crippen LogP contribution is 2.27. The zero-order valence-corrected chi connectivity index (χ0v) is 17.8. The van der Waals surface area contributed by atoms with Crippen molar-refractivity contribution in [2.45, 2.75) is 45.4 Å². The Kier molecular flexibility index (Phi) is 7.60. The number of carbonyl (C=O) groups excluding carboxylic acids is 1. The molecule has 1 aromatic carbocycles. The van der Waals surface area contributed by atoms with E-state index in [0.29, 0.717) is 21.8 Å². The molecule has 7 heteroatoms. The van der Waals surface area contributed by atoms with Crippen LogP contribution in [0.2, 0.25) is 5.02 Å². The van der Waals surface area contributed by atoms with E-state index >= 15 is 0 Å². The summed E-state index contributed by atoms with van der Waals surface area (Å²) in [6.45, 7) is 7.14. The summed E-state index contributed by atoms with van der Waals surface area (Å²) in [5.74, 6) is 5.56. The Bertz CT molecular complexity index is 914. The fourth-order valence-electron chi connectivity index (χ4n) is 2.53. The lowest BCUT2D eigenvalue weighted by atomic mass is 10.1. The van der Waals surface area contributed by atoms with Crippen LogP contribution in [0.1, 0.15) is 50.6 Å². The number of methoxy groups -OCH3 is 1. The molecule has 0 saturated heterocycles. The molecule has 1 heterocycles. The minimum Gasteiger partial charge on any atom is -0.444 e. The second-order valence-electron chi connectivity index (χ2n) is 7.44. The lowest BCUT2D eigenvalue weighted by molar-refractivity contribution is 0.0346. The molecular weight excluding hydrogens is 395 g/mol. The lowest BCUT2D eigenvalue weighted by Gasteiger charge is -2.26. The number of amides is 1. The van der Waals surface area contributed by atoms with Gasteiger partial charge in [-0.15, -0.1) is 0 Å². The molecular formula is C22H24ClFN2O3. The van der Waals surface area contributed by atoms with Crippen LogP contribution >= 0.6 is 11.6 Å². The van der Waals surface area contributed by atoms with Gasteiger partial charge in [0.1, 0.15) is 17.5 Å². The average Bonchev–Trinajstić information content (AvgIpc) is 2.61. The van der Waals surface area contributed by atoms with Crippen molar-refractivity contribution in [3.63, 3.8) is 0 Å². The number of nitrogens with zero attached hydrogens (tertiary/aromatic N) is 1. The molecule has 1 aromatic heterocycles. The summed E-state index contributed by atoms with van der Waals surface area (Å²) in [6.07, 6.45) is 0.448. The molecule has 1 N–H and O–H groups in total. The monoisotopic (exact) mass is 418 g/mol. The number of aromatic nitrogens is 1. The van der Waals surface area contributed by atoms with Gasteiger partial charge in [0.05, 0.1) is 16.8 Å². The van der Waals surface area contributed by atoms with Gasteiger partial charge in [-0.2, -0.15) is 0 Å². The van der Waals surface area contributed by atoms with Crippen LogP contribution in [-0.2, 0) is 9.47 Å². The van der Waals surface area contributed by atoms with Gasteiger partial charge < -0.3 is 14.8 Å². The van der Waals surface area contributed by atoms with Gasteiger partial charge >= 0.3 is 6.09 Å². The van der Waals surface area contributed by atoms with Crippen LogP contribution in [0.5, 0.6) is 0 Å². The van der Waals surface area contributed by atoms with E-state index in [1.165, 1.54) is 19.2 Å². The fraction of sp³-hybridized carbons (Fsp3) is 0.364. The van der Waals surface area contributed by atoms with Crippen LogP contribution in [0.25, 0.3) is 0 Å². The van der Waals surface area contributed by atoms with Crippen LogP contribution in [-0.4, -0.2) is 29.8 Å². The van der Waals surface area contributed by atoms with Gasteiger partial charge in [-0.25, -0.2) is 9.18 Å². The number of hydrogen-bond donors (Lipinski definition) is 1. The summed E-state index contributed by atoms with van der Waals surface area (Å²) in [6, 6.07) is 7.12. The molecule has 5 nitrogen and oxygen atoms in total. The van der Waals surface area contributed by atoms with E-state index in [9.17, 15) is 9.18 Å². The Balaban J connectivity index is 2.14. The number of benzene rings is 1. The van der Waals surface area contributed by atoms with E-state index in [4.69, 9.17) is 21.1 Å². The second-order valence-corrected chi connectivity index (χ2v) is 7.85. The predicted octanol–water partition coefficient (Wildman–Crippen LogP) is 4.87. The Morgan fingerprint density at radius 3 is 2.38 bits per heavy atom.